The van der Waals surface area contributed by atoms with E-state index < -0.39 is 0 Å². The number of carbonyl (C=O) groups excluding carboxylic acids is 1. The number of rotatable bonds is 1. The summed E-state index contributed by atoms with van der Waals surface area (Å²) in [6, 6.07) is 0. The summed E-state index contributed by atoms with van der Waals surface area (Å²) in [4.78, 5) is 10.6. The highest BCUT2D eigenvalue weighted by atomic mass is 32.2. The van der Waals surface area contributed by atoms with Crippen molar-refractivity contribution in [1.29, 1.82) is 0 Å². The maximum atomic E-state index is 10.6. The first-order chi connectivity index (χ1) is 3.75. The standard InChI is InChI=1S/C6H10OS/c1-3-5-4(2)8-6(5)7/h4-5H,3H2,1-2H3. The quantitative estimate of drug-likeness (QED) is 0.537. The Hall–Kier alpha value is 0.0200. The van der Waals surface area contributed by atoms with Crippen LogP contribution >= 0.6 is 11.8 Å². The van der Waals surface area contributed by atoms with E-state index in [1.54, 1.807) is 0 Å². The zero-order valence-corrected chi connectivity index (χ0v) is 5.99. The Kier molecular flexibility index (Phi) is 1.61. The van der Waals surface area contributed by atoms with Crippen LogP contribution in [0.1, 0.15) is 20.3 Å². The van der Waals surface area contributed by atoms with Crippen molar-refractivity contribution in [2.75, 3.05) is 0 Å². The first kappa shape index (κ1) is 6.14. The van der Waals surface area contributed by atoms with Crippen LogP contribution in [-0.2, 0) is 4.79 Å². The van der Waals surface area contributed by atoms with Crippen LogP contribution in [0.2, 0.25) is 0 Å². The SMILES string of the molecule is CCC1C(=O)SC1C. The van der Waals surface area contributed by atoms with Gasteiger partial charge in [-0.15, -0.1) is 0 Å². The van der Waals surface area contributed by atoms with Crippen molar-refractivity contribution in [2.24, 2.45) is 5.92 Å². The van der Waals surface area contributed by atoms with E-state index in [1.807, 2.05) is 0 Å². The normalized spacial score (nSPS) is 37.0. The van der Waals surface area contributed by atoms with Crippen LogP contribution in [0.25, 0.3) is 0 Å². The number of thioether (sulfide) groups is 1. The first-order valence-electron chi connectivity index (χ1n) is 2.96. The Balaban J connectivity index is 2.40. The van der Waals surface area contributed by atoms with Crippen LogP contribution in [0.5, 0.6) is 0 Å². The van der Waals surface area contributed by atoms with E-state index >= 15 is 0 Å². The first-order valence-corrected chi connectivity index (χ1v) is 3.84. The lowest BCUT2D eigenvalue weighted by atomic mass is 10.0. The van der Waals surface area contributed by atoms with E-state index in [0.717, 1.165) is 6.42 Å². The molecule has 0 aliphatic carbocycles. The van der Waals surface area contributed by atoms with E-state index in [4.69, 9.17) is 0 Å². The van der Waals surface area contributed by atoms with Gasteiger partial charge >= 0.3 is 0 Å². The van der Waals surface area contributed by atoms with E-state index in [2.05, 4.69) is 13.8 Å². The van der Waals surface area contributed by atoms with Gasteiger partial charge in [0.1, 0.15) is 0 Å². The Morgan fingerprint density at radius 3 is 2.50 bits per heavy atom. The molecule has 0 radical (unpaired) electrons. The zero-order chi connectivity index (χ0) is 6.15. The molecule has 8 heavy (non-hydrogen) atoms. The Labute approximate surface area is 53.8 Å². The lowest BCUT2D eigenvalue weighted by molar-refractivity contribution is -0.116. The third kappa shape index (κ3) is 0.772. The van der Waals surface area contributed by atoms with Crippen molar-refractivity contribution in [2.45, 2.75) is 25.5 Å². The monoisotopic (exact) mass is 130 g/mol. The molecule has 0 aromatic heterocycles. The van der Waals surface area contributed by atoms with Gasteiger partial charge in [-0.1, -0.05) is 25.6 Å². The summed E-state index contributed by atoms with van der Waals surface area (Å²) >= 11 is 1.48. The van der Waals surface area contributed by atoms with Crippen LogP contribution in [0.3, 0.4) is 0 Å². The third-order valence-electron chi connectivity index (χ3n) is 1.61. The van der Waals surface area contributed by atoms with Gasteiger partial charge in [-0.2, -0.15) is 0 Å². The third-order valence-corrected chi connectivity index (χ3v) is 2.85. The van der Waals surface area contributed by atoms with Gasteiger partial charge in [0.25, 0.3) is 0 Å². The van der Waals surface area contributed by atoms with Crippen molar-refractivity contribution in [3.8, 4) is 0 Å². The van der Waals surface area contributed by atoms with Crippen molar-refractivity contribution >= 4 is 16.9 Å². The molecular formula is C6H10OS. The molecule has 2 atom stereocenters. The average molecular weight is 130 g/mol. The summed E-state index contributed by atoms with van der Waals surface area (Å²) in [5, 5.41) is 0.979. The van der Waals surface area contributed by atoms with Crippen LogP contribution in [-0.4, -0.2) is 10.4 Å². The van der Waals surface area contributed by atoms with Crippen LogP contribution in [0.4, 0.5) is 0 Å². The highest BCUT2D eigenvalue weighted by molar-refractivity contribution is 8.16. The van der Waals surface area contributed by atoms with Crippen LogP contribution in [0.15, 0.2) is 0 Å². The summed E-state index contributed by atoms with van der Waals surface area (Å²) in [6.45, 7) is 4.18. The minimum atomic E-state index is 0.375. The highest BCUT2D eigenvalue weighted by Gasteiger charge is 2.35. The van der Waals surface area contributed by atoms with Crippen molar-refractivity contribution in [3.63, 3.8) is 0 Å². The molecule has 0 spiro atoms. The highest BCUT2D eigenvalue weighted by Crippen LogP contribution is 2.37. The molecule has 0 bridgehead atoms. The Morgan fingerprint density at radius 2 is 2.38 bits per heavy atom. The number of hydrogen-bond acceptors (Lipinski definition) is 2. The second-order valence-electron chi connectivity index (χ2n) is 2.16. The minimum Gasteiger partial charge on any atom is -0.287 e. The molecule has 0 saturated carbocycles. The van der Waals surface area contributed by atoms with Gasteiger partial charge in [0, 0.05) is 11.2 Å². The molecule has 1 rings (SSSR count). The summed E-state index contributed by atoms with van der Waals surface area (Å²) in [5.74, 6) is 0.375. The molecule has 1 aliphatic heterocycles. The molecule has 2 heteroatoms. The van der Waals surface area contributed by atoms with Crippen LogP contribution < -0.4 is 0 Å². The number of hydrogen-bond donors (Lipinski definition) is 0. The van der Waals surface area contributed by atoms with Crippen molar-refractivity contribution in [3.05, 3.63) is 0 Å². The molecule has 1 heterocycles. The average Bonchev–Trinajstić information content (AvgIpc) is 1.67. The van der Waals surface area contributed by atoms with Gasteiger partial charge in [0.15, 0.2) is 5.12 Å². The second-order valence-corrected chi connectivity index (χ2v) is 3.54. The Morgan fingerprint density at radius 1 is 1.75 bits per heavy atom. The molecular weight excluding hydrogens is 120 g/mol. The molecule has 0 N–H and O–H groups in total. The summed E-state index contributed by atoms with van der Waals surface area (Å²) in [7, 11) is 0. The predicted molar refractivity (Wildman–Crippen MR) is 35.8 cm³/mol. The molecule has 0 aromatic carbocycles. The van der Waals surface area contributed by atoms with E-state index in [9.17, 15) is 4.79 Å². The van der Waals surface area contributed by atoms with Gasteiger partial charge in [-0.25, -0.2) is 0 Å². The van der Waals surface area contributed by atoms with Crippen molar-refractivity contribution in [1.82, 2.24) is 0 Å². The van der Waals surface area contributed by atoms with Gasteiger partial charge in [0.2, 0.25) is 0 Å². The fourth-order valence-electron chi connectivity index (χ4n) is 0.971. The molecule has 1 nitrogen and oxygen atoms in total. The van der Waals surface area contributed by atoms with E-state index in [-0.39, 0.29) is 0 Å². The molecule has 1 fully saturated rings. The fraction of sp³-hybridized carbons (Fsp3) is 0.833. The molecule has 2 unspecified atom stereocenters. The second kappa shape index (κ2) is 2.09. The predicted octanol–water partition coefficient (Wildman–Crippen LogP) is 1.67. The zero-order valence-electron chi connectivity index (χ0n) is 5.18. The lowest BCUT2D eigenvalue weighted by Crippen LogP contribution is -2.32. The lowest BCUT2D eigenvalue weighted by Gasteiger charge is -2.29. The Bertz CT molecular complexity index is 111. The maximum absolute atomic E-state index is 10.6. The van der Waals surface area contributed by atoms with E-state index in [1.165, 1.54) is 11.8 Å². The molecule has 1 aliphatic rings. The summed E-state index contributed by atoms with van der Waals surface area (Å²) in [6.07, 6.45) is 1.02. The summed E-state index contributed by atoms with van der Waals surface area (Å²) < 4.78 is 0. The molecule has 46 valence electrons. The van der Waals surface area contributed by atoms with Gasteiger partial charge < -0.3 is 0 Å². The van der Waals surface area contributed by atoms with E-state index in [0.29, 0.717) is 16.3 Å². The van der Waals surface area contributed by atoms with Gasteiger partial charge in [0.05, 0.1) is 0 Å². The molecule has 1 saturated heterocycles. The topological polar surface area (TPSA) is 17.1 Å². The smallest absolute Gasteiger partial charge is 0.193 e. The summed E-state index contributed by atoms with van der Waals surface area (Å²) in [5.41, 5.74) is 0. The fourth-order valence-corrected chi connectivity index (χ4v) is 2.14. The minimum absolute atomic E-state index is 0.375. The van der Waals surface area contributed by atoms with Gasteiger partial charge in [-0.3, -0.25) is 4.79 Å². The molecule has 0 amide bonds. The molecule has 0 aromatic rings. The van der Waals surface area contributed by atoms with Crippen molar-refractivity contribution < 1.29 is 4.79 Å². The number of carbonyl (C=O) groups is 1. The maximum Gasteiger partial charge on any atom is 0.193 e. The largest absolute Gasteiger partial charge is 0.287 e. The van der Waals surface area contributed by atoms with Gasteiger partial charge in [-0.05, 0) is 6.42 Å². The van der Waals surface area contributed by atoms with Crippen LogP contribution in [0, 0.1) is 5.92 Å².